The molecule has 3 aromatic rings. The Kier molecular flexibility index (Phi) is 5.55. The molecule has 0 aliphatic heterocycles. The van der Waals surface area contributed by atoms with E-state index in [-0.39, 0.29) is 0 Å². The molecule has 0 heterocycles. The first-order chi connectivity index (χ1) is 12.5. The van der Waals surface area contributed by atoms with E-state index < -0.39 is 5.60 Å². The van der Waals surface area contributed by atoms with Crippen molar-refractivity contribution in [3.63, 3.8) is 0 Å². The van der Waals surface area contributed by atoms with Gasteiger partial charge in [0.25, 0.3) is 0 Å². The molecule has 2 heteroatoms. The van der Waals surface area contributed by atoms with Crippen LogP contribution >= 0.6 is 0 Å². The fraction of sp³-hybridized carbons (Fsp3) is 0.250. The monoisotopic (exact) mass is 345 g/mol. The van der Waals surface area contributed by atoms with Crippen molar-refractivity contribution in [2.24, 2.45) is 0 Å². The van der Waals surface area contributed by atoms with E-state index >= 15 is 0 Å². The van der Waals surface area contributed by atoms with Crippen molar-refractivity contribution in [1.82, 2.24) is 4.90 Å². The molecule has 0 aromatic heterocycles. The van der Waals surface area contributed by atoms with E-state index in [9.17, 15) is 5.11 Å². The summed E-state index contributed by atoms with van der Waals surface area (Å²) >= 11 is 0. The quantitative estimate of drug-likeness (QED) is 0.709. The Bertz CT molecular complexity index is 801. The molecule has 0 radical (unpaired) electrons. The maximum atomic E-state index is 11.8. The van der Waals surface area contributed by atoms with Crippen LogP contribution in [0, 0.1) is 6.92 Å². The molecule has 134 valence electrons. The van der Waals surface area contributed by atoms with Gasteiger partial charge in [-0.3, -0.25) is 0 Å². The van der Waals surface area contributed by atoms with Crippen LogP contribution in [0.3, 0.4) is 0 Å². The van der Waals surface area contributed by atoms with Crippen LogP contribution in [0.2, 0.25) is 0 Å². The lowest BCUT2D eigenvalue weighted by Gasteiger charge is -2.31. The lowest BCUT2D eigenvalue weighted by Crippen LogP contribution is -2.30. The first-order valence-electron chi connectivity index (χ1n) is 9.06. The molecule has 0 saturated carbocycles. The van der Waals surface area contributed by atoms with E-state index in [4.69, 9.17) is 0 Å². The average Bonchev–Trinajstić information content (AvgIpc) is 2.66. The number of nitrogens with zero attached hydrogens (tertiary/aromatic N) is 1. The van der Waals surface area contributed by atoms with E-state index in [1.165, 1.54) is 16.7 Å². The summed E-state index contributed by atoms with van der Waals surface area (Å²) in [6, 6.07) is 26.3. The average molecular weight is 345 g/mol. The Morgan fingerprint density at radius 1 is 0.731 bits per heavy atom. The molecule has 1 N–H and O–H groups in total. The predicted molar refractivity (Wildman–Crippen MR) is 108 cm³/mol. The van der Waals surface area contributed by atoms with Gasteiger partial charge < -0.3 is 10.0 Å². The van der Waals surface area contributed by atoms with E-state index in [2.05, 4.69) is 44.1 Å². The number of aliphatic hydroxyl groups is 1. The molecule has 0 amide bonds. The van der Waals surface area contributed by atoms with Crippen molar-refractivity contribution in [3.05, 3.63) is 107 Å². The van der Waals surface area contributed by atoms with Gasteiger partial charge in [-0.1, -0.05) is 78.9 Å². The summed E-state index contributed by atoms with van der Waals surface area (Å²) < 4.78 is 0. The second-order valence-corrected chi connectivity index (χ2v) is 7.21. The van der Waals surface area contributed by atoms with Crippen LogP contribution in [0.5, 0.6) is 0 Å². The minimum absolute atomic E-state index is 0.550. The number of rotatable bonds is 6. The third-order valence-electron chi connectivity index (χ3n) is 4.99. The maximum Gasteiger partial charge on any atom is 0.119 e. The van der Waals surface area contributed by atoms with Crippen molar-refractivity contribution in [2.45, 2.75) is 25.5 Å². The fourth-order valence-electron chi connectivity index (χ4n) is 3.51. The summed E-state index contributed by atoms with van der Waals surface area (Å²) in [6.07, 6.45) is 0.550. The van der Waals surface area contributed by atoms with Gasteiger partial charge in [-0.05, 0) is 48.8 Å². The number of hydrogen-bond donors (Lipinski definition) is 1. The topological polar surface area (TPSA) is 23.5 Å². The first-order valence-corrected chi connectivity index (χ1v) is 9.06. The van der Waals surface area contributed by atoms with Gasteiger partial charge in [-0.15, -0.1) is 0 Å². The van der Waals surface area contributed by atoms with E-state index in [1.807, 2.05) is 60.7 Å². The van der Waals surface area contributed by atoms with Crippen molar-refractivity contribution >= 4 is 0 Å². The molecule has 3 rings (SSSR count). The fourth-order valence-corrected chi connectivity index (χ4v) is 3.51. The minimum atomic E-state index is -1.05. The highest BCUT2D eigenvalue weighted by atomic mass is 16.3. The summed E-state index contributed by atoms with van der Waals surface area (Å²) in [4.78, 5) is 2.17. The molecule has 0 aliphatic rings. The first kappa shape index (κ1) is 18.4. The van der Waals surface area contributed by atoms with Gasteiger partial charge in [0.05, 0.1) is 0 Å². The molecule has 3 aromatic carbocycles. The molecule has 0 saturated heterocycles. The Morgan fingerprint density at radius 2 is 1.23 bits per heavy atom. The summed E-state index contributed by atoms with van der Waals surface area (Å²) in [5, 5.41) is 11.8. The van der Waals surface area contributed by atoms with Gasteiger partial charge in [0.2, 0.25) is 0 Å². The lowest BCUT2D eigenvalue weighted by atomic mass is 9.80. The van der Waals surface area contributed by atoms with Crippen LogP contribution in [0.25, 0.3) is 0 Å². The zero-order valence-electron chi connectivity index (χ0n) is 15.8. The maximum absolute atomic E-state index is 11.8. The second-order valence-electron chi connectivity index (χ2n) is 7.21. The zero-order chi connectivity index (χ0) is 18.6. The lowest BCUT2D eigenvalue weighted by molar-refractivity contribution is 0.0809. The van der Waals surface area contributed by atoms with Crippen molar-refractivity contribution < 1.29 is 5.11 Å². The van der Waals surface area contributed by atoms with E-state index in [0.29, 0.717) is 6.42 Å². The summed E-state index contributed by atoms with van der Waals surface area (Å²) in [7, 11) is 4.16. The Morgan fingerprint density at radius 3 is 1.73 bits per heavy atom. The molecular weight excluding hydrogens is 318 g/mol. The van der Waals surface area contributed by atoms with Gasteiger partial charge in [-0.25, -0.2) is 0 Å². The SMILES string of the molecule is Cc1c(CN(C)C)cccc1CC(O)(c1ccccc1)c1ccccc1. The van der Waals surface area contributed by atoms with Crippen LogP contribution in [-0.2, 0) is 18.6 Å². The zero-order valence-corrected chi connectivity index (χ0v) is 15.8. The molecular formula is C24H27NO. The van der Waals surface area contributed by atoms with Gasteiger partial charge in [-0.2, -0.15) is 0 Å². The summed E-state index contributed by atoms with van der Waals surface area (Å²) in [5.41, 5.74) is 4.53. The van der Waals surface area contributed by atoms with Crippen LogP contribution in [0.1, 0.15) is 27.8 Å². The third-order valence-corrected chi connectivity index (χ3v) is 4.99. The smallest absolute Gasteiger partial charge is 0.119 e. The van der Waals surface area contributed by atoms with Crippen molar-refractivity contribution in [2.75, 3.05) is 14.1 Å². The highest BCUT2D eigenvalue weighted by Crippen LogP contribution is 2.34. The number of benzene rings is 3. The van der Waals surface area contributed by atoms with Gasteiger partial charge >= 0.3 is 0 Å². The van der Waals surface area contributed by atoms with Crippen LogP contribution in [0.15, 0.2) is 78.9 Å². The van der Waals surface area contributed by atoms with Crippen LogP contribution in [-0.4, -0.2) is 24.1 Å². The molecule has 0 bridgehead atoms. The number of hydrogen-bond acceptors (Lipinski definition) is 2. The van der Waals surface area contributed by atoms with Crippen molar-refractivity contribution in [3.8, 4) is 0 Å². The summed E-state index contributed by atoms with van der Waals surface area (Å²) in [5.74, 6) is 0. The molecule has 0 spiro atoms. The Labute approximate surface area is 156 Å². The highest BCUT2D eigenvalue weighted by Gasteiger charge is 2.32. The van der Waals surface area contributed by atoms with Crippen LogP contribution < -0.4 is 0 Å². The molecule has 0 aliphatic carbocycles. The van der Waals surface area contributed by atoms with Crippen molar-refractivity contribution in [1.29, 1.82) is 0 Å². The molecule has 26 heavy (non-hydrogen) atoms. The largest absolute Gasteiger partial charge is 0.380 e. The molecule has 0 unspecified atom stereocenters. The normalized spacial score (nSPS) is 11.7. The van der Waals surface area contributed by atoms with Crippen LogP contribution in [0.4, 0.5) is 0 Å². The molecule has 2 nitrogen and oxygen atoms in total. The molecule has 0 atom stereocenters. The van der Waals surface area contributed by atoms with E-state index in [1.54, 1.807) is 0 Å². The standard InChI is InChI=1S/C24H27NO/c1-19-20(11-10-12-21(19)18-25(2)3)17-24(26,22-13-6-4-7-14-22)23-15-8-5-9-16-23/h4-16,26H,17-18H2,1-3H3. The van der Waals surface area contributed by atoms with Gasteiger partial charge in [0, 0.05) is 13.0 Å². The third kappa shape index (κ3) is 3.87. The molecule has 0 fully saturated rings. The predicted octanol–water partition coefficient (Wildman–Crippen LogP) is 4.54. The summed E-state index contributed by atoms with van der Waals surface area (Å²) in [6.45, 7) is 3.05. The van der Waals surface area contributed by atoms with Gasteiger partial charge in [0.15, 0.2) is 0 Å². The second kappa shape index (κ2) is 7.86. The minimum Gasteiger partial charge on any atom is -0.380 e. The van der Waals surface area contributed by atoms with E-state index in [0.717, 1.165) is 17.7 Å². The Hall–Kier alpha value is -2.42. The Balaban J connectivity index is 2.06. The highest BCUT2D eigenvalue weighted by molar-refractivity contribution is 5.42. The van der Waals surface area contributed by atoms with Gasteiger partial charge in [0.1, 0.15) is 5.60 Å².